The Balaban J connectivity index is 0.919. The van der Waals surface area contributed by atoms with Gasteiger partial charge in [-0.25, -0.2) is 16.7 Å². The summed E-state index contributed by atoms with van der Waals surface area (Å²) >= 11 is 0. The summed E-state index contributed by atoms with van der Waals surface area (Å²) in [5.41, 5.74) is 29.6. The largest absolute Gasteiger partial charge is 0.397 e. The minimum Gasteiger partial charge on any atom is -0.381 e. The van der Waals surface area contributed by atoms with Crippen molar-refractivity contribution < 1.29 is 163 Å². The summed E-state index contributed by atoms with van der Waals surface area (Å²) in [4.78, 5) is 9.04. The maximum absolute atomic E-state index is 12.1. The van der Waals surface area contributed by atoms with Crippen molar-refractivity contribution in [1.82, 2.24) is 5.32 Å². The number of ether oxygens (including phenoxy) is 20. The van der Waals surface area contributed by atoms with Crippen molar-refractivity contribution in [2.24, 2.45) is 44.9 Å². The number of likely N-dealkylation sites (N-methyl/N-ethyl adjacent to an activating group) is 1. The lowest BCUT2D eigenvalue weighted by atomic mass is 9.88. The van der Waals surface area contributed by atoms with Gasteiger partial charge in [0.1, 0.15) is 42.7 Å². The van der Waals surface area contributed by atoms with Crippen LogP contribution in [0.25, 0.3) is 31.3 Å². The average molecular weight is 1600 g/mol. The van der Waals surface area contributed by atoms with Crippen molar-refractivity contribution in [1.29, 1.82) is 0 Å². The molecule has 32 atom stereocenters. The molecular weight excluding hydrogens is 1500 g/mol. The Labute approximate surface area is 605 Å². The summed E-state index contributed by atoms with van der Waals surface area (Å²) in [5, 5.41) is 15.0. The van der Waals surface area contributed by atoms with E-state index in [9.17, 15) is 68.5 Å². The molecule has 0 aromatic heterocycles. The Kier molecular flexibility index (Phi) is 32.5. The first-order valence-electron chi connectivity index (χ1n) is 33.2. The molecule has 0 aromatic carbocycles. The van der Waals surface area contributed by atoms with Gasteiger partial charge in [0.05, 0.1) is 126 Å². The third-order valence-electron chi connectivity index (χ3n) is 19.6. The number of nitrogens with zero attached hydrogens (tertiary/aromatic N) is 9. The molecule has 8 aliphatic rings. The molecule has 0 spiro atoms. The topological polar surface area (TPSA) is 597 Å². The lowest BCUT2D eigenvalue weighted by molar-refractivity contribution is -0.344. The molecule has 8 heterocycles. The van der Waals surface area contributed by atoms with Crippen molar-refractivity contribution in [2.45, 2.75) is 226 Å². The molecule has 8 aliphatic heterocycles. The van der Waals surface area contributed by atoms with E-state index in [2.05, 4.69) is 39.6 Å². The molecule has 0 amide bonds. The van der Waals surface area contributed by atoms with Crippen molar-refractivity contribution in [2.75, 3.05) is 95.5 Å². The van der Waals surface area contributed by atoms with Crippen LogP contribution in [0.5, 0.6) is 0 Å². The molecule has 0 aromatic rings. The molecule has 105 heavy (non-hydrogen) atoms. The average Bonchev–Trinajstić information content (AvgIpc) is 0.803. The fourth-order valence-corrected chi connectivity index (χ4v) is 15.3. The van der Waals surface area contributed by atoms with Gasteiger partial charge in [-0.15, -0.1) is 0 Å². The van der Waals surface area contributed by atoms with Crippen LogP contribution >= 0.6 is 0 Å². The zero-order valence-electron chi connectivity index (χ0n) is 59.0. The molecule has 0 aliphatic carbocycles. The fourth-order valence-electron chi connectivity index (χ4n) is 14.1. The Bertz CT molecular complexity index is 3390. The van der Waals surface area contributed by atoms with Gasteiger partial charge in [-0.05, 0) is 41.4 Å². The molecule has 0 radical (unpaired) electrons. The molecule has 8 rings (SSSR count). The lowest BCUT2D eigenvalue weighted by Crippen LogP contribution is -2.61. The maximum atomic E-state index is 12.1. The number of nitrogens with one attached hydrogen (secondary N) is 1. The van der Waals surface area contributed by atoms with Gasteiger partial charge in [0, 0.05) is 87.8 Å². The van der Waals surface area contributed by atoms with Crippen molar-refractivity contribution in [3.8, 4) is 0 Å². The molecule has 50 heteroatoms. The van der Waals surface area contributed by atoms with E-state index < -0.39 is 252 Å². The van der Waals surface area contributed by atoms with Gasteiger partial charge in [-0.1, -0.05) is 50.0 Å². The zero-order valence-corrected chi connectivity index (χ0v) is 62.2. The van der Waals surface area contributed by atoms with Crippen molar-refractivity contribution >= 4 is 41.6 Å². The summed E-state index contributed by atoms with van der Waals surface area (Å²) in [6.45, 7) is 4.55. The van der Waals surface area contributed by atoms with Crippen LogP contribution in [0.15, 0.2) is 15.3 Å². The first kappa shape index (κ1) is 87.2. The van der Waals surface area contributed by atoms with Gasteiger partial charge < -0.3 is 100 Å². The number of azide groups is 3. The summed E-state index contributed by atoms with van der Waals surface area (Å²) in [6.07, 6.45) is -25.9. The van der Waals surface area contributed by atoms with Crippen LogP contribution in [-0.4, -0.2) is 313 Å². The van der Waals surface area contributed by atoms with E-state index in [1.54, 1.807) is 34.7 Å². The summed E-state index contributed by atoms with van der Waals surface area (Å²) in [6, 6.07) is -4.19. The Morgan fingerprint density at radius 2 is 0.648 bits per heavy atom. The summed E-state index contributed by atoms with van der Waals surface area (Å²) in [5.74, 6) is -3.14. The molecule has 8 fully saturated rings. The van der Waals surface area contributed by atoms with Crippen LogP contribution < -0.4 is 5.32 Å². The van der Waals surface area contributed by atoms with Crippen LogP contribution in [0.3, 0.4) is 0 Å². The zero-order chi connectivity index (χ0) is 76.9. The van der Waals surface area contributed by atoms with Crippen LogP contribution in [0.2, 0.25) is 0 Å². The van der Waals surface area contributed by atoms with Crippen LogP contribution in [-0.2, 0) is 153 Å². The monoisotopic (exact) mass is 1600 g/mol. The van der Waals surface area contributed by atoms with Crippen LogP contribution in [0, 0.1) is 29.6 Å². The number of methoxy groups -OCH3 is 5. The molecule has 604 valence electrons. The second-order valence-electron chi connectivity index (χ2n) is 26.1. The second-order valence-corrected chi connectivity index (χ2v) is 30.5. The van der Waals surface area contributed by atoms with E-state index in [1.165, 1.54) is 35.5 Å². The maximum Gasteiger partial charge on any atom is 0.397 e. The molecular formula is C55H94N10O36S4. The van der Waals surface area contributed by atoms with E-state index >= 15 is 0 Å². The quantitative estimate of drug-likeness (QED) is 0.0259. The molecule has 8 unspecified atom stereocenters. The standard InChI is InChI=1S/C55H94N10O36S4/c1-24-16-83-40(12-29(24)78-7)98-49-26(3)45(60-63-56)53(95-37(49)21-88-103(69,70)71)92-34-18-85-42(14-31(34)80-9)100-51-28(5)47(62-65-58)55(97-39(51)23-90-105(75,76)77)93-35-19-86-43(15-32(35)81-10)101-50-27(4)46(61-64-57)54(96-38(50)22-89-104(72,73)74)91-33-17-84-41(13-30(33)79-8)99-48-25(2)44(59-6)52(82-11)94-36(48)20-87-102(66,67)68/h24-55,59H,12-23H2,1-11H3,(H,66,67,68)(H,69,70,71)(H,72,73,74)(H,75,76,77)/t24-,25-,26-,27-,28-,29+,30+,31+,32+,33-,34-,35-,36?,37?,38?,39?,40+,41+,42+,43+,44?,45?,46?,47?,48+,49+,50+,51+,52+,53+,54+,55+/m1/s1. The molecule has 46 nitrogen and oxygen atoms in total. The Morgan fingerprint density at radius 1 is 0.381 bits per heavy atom. The van der Waals surface area contributed by atoms with Crippen LogP contribution in [0.4, 0.5) is 0 Å². The van der Waals surface area contributed by atoms with E-state index in [0.29, 0.717) is 0 Å². The van der Waals surface area contributed by atoms with Gasteiger partial charge in [-0.3, -0.25) is 18.2 Å². The number of rotatable bonds is 35. The predicted octanol–water partition coefficient (Wildman–Crippen LogP) is 1.36. The minimum absolute atomic E-state index is 0.0119. The number of hydrogen-bond acceptors (Lipinski definition) is 36. The minimum atomic E-state index is -5.16. The first-order valence-corrected chi connectivity index (χ1v) is 38.7. The summed E-state index contributed by atoms with van der Waals surface area (Å²) < 4.78 is 275. The van der Waals surface area contributed by atoms with Gasteiger partial charge >= 0.3 is 41.6 Å². The van der Waals surface area contributed by atoms with Crippen molar-refractivity contribution in [3.63, 3.8) is 0 Å². The summed E-state index contributed by atoms with van der Waals surface area (Å²) in [7, 11) is -11.6. The van der Waals surface area contributed by atoms with Gasteiger partial charge in [0.15, 0.2) is 50.3 Å². The van der Waals surface area contributed by atoms with Gasteiger partial charge in [-0.2, -0.15) is 33.7 Å². The molecule has 8 saturated heterocycles. The Hall–Kier alpha value is -3.43. The predicted molar refractivity (Wildman–Crippen MR) is 344 cm³/mol. The number of hydrogen-bond donors (Lipinski definition) is 5. The highest BCUT2D eigenvalue weighted by Gasteiger charge is 2.55. The van der Waals surface area contributed by atoms with E-state index in [1.807, 2.05) is 6.92 Å². The molecule has 5 N–H and O–H groups in total. The van der Waals surface area contributed by atoms with E-state index in [-0.39, 0.29) is 64.1 Å². The smallest absolute Gasteiger partial charge is 0.381 e. The third kappa shape index (κ3) is 24.0. The lowest BCUT2D eigenvalue weighted by Gasteiger charge is -2.49. The van der Waals surface area contributed by atoms with Crippen molar-refractivity contribution in [3.05, 3.63) is 31.3 Å². The molecule has 0 bridgehead atoms. The van der Waals surface area contributed by atoms with Gasteiger partial charge in [0.25, 0.3) is 0 Å². The first-order chi connectivity index (χ1) is 49.7. The SMILES string of the molecule is CNC1[C@@H](OC)OC(COS(=O)(=O)O)[C@@H](O[C@H]2C[C@H](OC)[C@H](O[C@H]3OC(COS(=O)(=O)O)[C@@H](O[C@H]4C[C@H](OC)[C@H](O[C@H]5OC(COS(=O)(=O)O)[C@@H](O[C@H]6C[C@H](OC)[C@H](O[C@H]7OC(COS(=O)(=O)O)[C@@H](O[C@H]8C[C@H](OC)[C@H](C)CO8)[C@H](C)C7N=[N+]=[N-])CO6)[C@H](C)C5N=[N+]=[N-])CO4)[C@H](C)C3N=[N+]=[N-])CO2)[C@@H]1C. The normalized spacial score (nSPS) is 41.8. The second kappa shape index (κ2) is 39.2. The van der Waals surface area contributed by atoms with E-state index in [0.717, 1.165) is 0 Å². The van der Waals surface area contributed by atoms with Crippen LogP contribution in [0.1, 0.15) is 60.3 Å². The van der Waals surface area contributed by atoms with Gasteiger partial charge in [0.2, 0.25) is 0 Å². The third-order valence-corrected chi connectivity index (χ3v) is 21.3. The molecule has 0 saturated carbocycles. The highest BCUT2D eigenvalue weighted by molar-refractivity contribution is 7.81. The highest BCUT2D eigenvalue weighted by Crippen LogP contribution is 2.42. The van der Waals surface area contributed by atoms with E-state index in [4.69, 9.17) is 107 Å². The Morgan fingerprint density at radius 3 is 0.905 bits per heavy atom. The highest BCUT2D eigenvalue weighted by atomic mass is 32.3. The fraction of sp³-hybridized carbons (Fsp3) is 1.00.